The first-order valence-corrected chi connectivity index (χ1v) is 6.38. The zero-order valence-corrected chi connectivity index (χ0v) is 10.8. The summed E-state index contributed by atoms with van der Waals surface area (Å²) in [6.45, 7) is 8.65. The summed E-state index contributed by atoms with van der Waals surface area (Å²) < 4.78 is 0. The Morgan fingerprint density at radius 1 is 1.38 bits per heavy atom. The van der Waals surface area contributed by atoms with Gasteiger partial charge in [-0.3, -0.25) is 4.79 Å². The minimum absolute atomic E-state index is 0.0719. The third kappa shape index (κ3) is 1.57. The Hall–Kier alpha value is -0.850. The topological polar surface area (TPSA) is 17.1 Å². The number of rotatable bonds is 0. The molecule has 0 radical (unpaired) electrons. The van der Waals surface area contributed by atoms with E-state index in [0.717, 1.165) is 18.4 Å². The Labute approximate surface area is 98.6 Å². The molecule has 2 aliphatic carbocycles. The van der Waals surface area contributed by atoms with Gasteiger partial charge in [0.2, 0.25) is 0 Å². The van der Waals surface area contributed by atoms with Gasteiger partial charge in [-0.2, -0.15) is 0 Å². The van der Waals surface area contributed by atoms with Gasteiger partial charge >= 0.3 is 0 Å². The maximum atomic E-state index is 12.1. The van der Waals surface area contributed by atoms with Gasteiger partial charge in [0, 0.05) is 17.4 Å². The molecule has 1 heteroatoms. The van der Waals surface area contributed by atoms with E-state index in [9.17, 15) is 4.79 Å². The lowest BCUT2D eigenvalue weighted by atomic mass is 9.67. The highest BCUT2D eigenvalue weighted by Gasteiger charge is 2.48. The van der Waals surface area contributed by atoms with Crippen molar-refractivity contribution in [3.63, 3.8) is 0 Å². The van der Waals surface area contributed by atoms with E-state index in [1.165, 1.54) is 12.0 Å². The normalized spacial score (nSPS) is 38.5. The monoisotopic (exact) mass is 218 g/mol. The second-order valence-corrected chi connectivity index (χ2v) is 5.82. The van der Waals surface area contributed by atoms with Gasteiger partial charge in [0.15, 0.2) is 5.78 Å². The van der Waals surface area contributed by atoms with E-state index >= 15 is 0 Å². The molecule has 0 aromatic carbocycles. The molecular formula is C15H22O. The molecule has 2 rings (SSSR count). The lowest BCUT2D eigenvalue weighted by molar-refractivity contribution is -0.114. The highest BCUT2D eigenvalue weighted by Crippen LogP contribution is 2.53. The average Bonchev–Trinajstić information content (AvgIpc) is 2.43. The third-order valence-electron chi connectivity index (χ3n) is 4.35. The van der Waals surface area contributed by atoms with Crippen LogP contribution in [0.25, 0.3) is 0 Å². The minimum atomic E-state index is 0.0719. The van der Waals surface area contributed by atoms with Crippen molar-refractivity contribution >= 4 is 5.78 Å². The van der Waals surface area contributed by atoms with Crippen LogP contribution in [0.1, 0.15) is 47.0 Å². The average molecular weight is 218 g/mol. The molecule has 88 valence electrons. The summed E-state index contributed by atoms with van der Waals surface area (Å²) in [4.78, 5) is 12.1. The summed E-state index contributed by atoms with van der Waals surface area (Å²) in [5.41, 5.74) is 2.40. The molecule has 0 aromatic heterocycles. The van der Waals surface area contributed by atoms with E-state index in [2.05, 4.69) is 39.8 Å². The maximum absolute atomic E-state index is 12.1. The Kier molecular flexibility index (Phi) is 2.81. The number of Topliss-reactive ketones (excluding diaryl/α,β-unsaturated/α-hetero) is 1. The molecule has 1 saturated carbocycles. The smallest absolute Gasteiger partial charge is 0.160 e. The third-order valence-corrected chi connectivity index (χ3v) is 4.35. The van der Waals surface area contributed by atoms with Gasteiger partial charge in [-0.05, 0) is 38.5 Å². The molecule has 1 spiro atoms. The van der Waals surface area contributed by atoms with Gasteiger partial charge in [0.25, 0.3) is 0 Å². The fourth-order valence-electron chi connectivity index (χ4n) is 3.41. The van der Waals surface area contributed by atoms with Crippen molar-refractivity contribution in [1.82, 2.24) is 0 Å². The van der Waals surface area contributed by atoms with Crippen LogP contribution in [-0.2, 0) is 4.79 Å². The first-order chi connectivity index (χ1) is 7.47. The Morgan fingerprint density at radius 2 is 2.06 bits per heavy atom. The Bertz CT molecular complexity index is 371. The lowest BCUT2D eigenvalue weighted by Crippen LogP contribution is -2.28. The zero-order valence-electron chi connectivity index (χ0n) is 10.8. The van der Waals surface area contributed by atoms with Gasteiger partial charge in [-0.25, -0.2) is 0 Å². The van der Waals surface area contributed by atoms with E-state index in [0.29, 0.717) is 17.6 Å². The van der Waals surface area contributed by atoms with Gasteiger partial charge in [0.1, 0.15) is 0 Å². The molecule has 0 aromatic rings. The van der Waals surface area contributed by atoms with Gasteiger partial charge < -0.3 is 0 Å². The van der Waals surface area contributed by atoms with Crippen molar-refractivity contribution < 1.29 is 4.79 Å². The number of ketones is 1. The summed E-state index contributed by atoms with van der Waals surface area (Å²) in [6, 6.07) is 0. The molecule has 0 amide bonds. The van der Waals surface area contributed by atoms with E-state index in [1.54, 1.807) is 0 Å². The number of carbonyl (C=O) groups excluding carboxylic acids is 1. The summed E-state index contributed by atoms with van der Waals surface area (Å²) in [5.74, 6) is 1.53. The first-order valence-electron chi connectivity index (χ1n) is 6.38. The van der Waals surface area contributed by atoms with E-state index in [4.69, 9.17) is 0 Å². The molecule has 2 aliphatic rings. The van der Waals surface area contributed by atoms with E-state index in [1.807, 2.05) is 0 Å². The van der Waals surface area contributed by atoms with Crippen molar-refractivity contribution in [2.75, 3.05) is 0 Å². The van der Waals surface area contributed by atoms with Crippen LogP contribution >= 0.6 is 0 Å². The molecule has 0 bridgehead atoms. The van der Waals surface area contributed by atoms with E-state index < -0.39 is 0 Å². The molecule has 0 aliphatic heterocycles. The van der Waals surface area contributed by atoms with Crippen molar-refractivity contribution in [3.8, 4) is 0 Å². The summed E-state index contributed by atoms with van der Waals surface area (Å²) >= 11 is 0. The predicted molar refractivity (Wildman–Crippen MR) is 67.1 cm³/mol. The molecule has 3 unspecified atom stereocenters. The molecule has 16 heavy (non-hydrogen) atoms. The Morgan fingerprint density at radius 3 is 2.56 bits per heavy atom. The molecule has 1 fully saturated rings. The second kappa shape index (κ2) is 3.87. The van der Waals surface area contributed by atoms with Crippen molar-refractivity contribution in [1.29, 1.82) is 0 Å². The number of allylic oxidation sites excluding steroid dienone is 4. The van der Waals surface area contributed by atoms with E-state index in [-0.39, 0.29) is 5.41 Å². The first kappa shape index (κ1) is 11.6. The molecule has 3 atom stereocenters. The van der Waals surface area contributed by atoms with Crippen LogP contribution in [0.2, 0.25) is 0 Å². The maximum Gasteiger partial charge on any atom is 0.160 e. The van der Waals surface area contributed by atoms with Gasteiger partial charge in [-0.1, -0.05) is 31.6 Å². The molecular weight excluding hydrogens is 196 g/mol. The number of hydrogen-bond acceptors (Lipinski definition) is 1. The summed E-state index contributed by atoms with van der Waals surface area (Å²) in [6.07, 6.45) is 7.74. The van der Waals surface area contributed by atoms with Crippen LogP contribution in [0.4, 0.5) is 0 Å². The lowest BCUT2D eigenvalue weighted by Gasteiger charge is -2.36. The summed E-state index contributed by atoms with van der Waals surface area (Å²) in [7, 11) is 0. The van der Waals surface area contributed by atoms with Gasteiger partial charge in [0.05, 0.1) is 0 Å². The van der Waals surface area contributed by atoms with Crippen LogP contribution in [-0.4, -0.2) is 5.78 Å². The second-order valence-electron chi connectivity index (χ2n) is 5.82. The fourth-order valence-corrected chi connectivity index (χ4v) is 3.41. The molecule has 0 heterocycles. The van der Waals surface area contributed by atoms with Crippen molar-refractivity contribution in [3.05, 3.63) is 23.3 Å². The van der Waals surface area contributed by atoms with Crippen molar-refractivity contribution in [2.45, 2.75) is 47.0 Å². The number of carbonyl (C=O) groups is 1. The largest absolute Gasteiger partial charge is 0.295 e. The minimum Gasteiger partial charge on any atom is -0.295 e. The standard InChI is InChI=1S/C15H22O/c1-10(2)14-13(16)9-12(4)15(14)7-5-11(3)6-8-15/h5,7,11-12H,6,8-9H2,1-4H3. The number of hydrogen-bond donors (Lipinski definition) is 0. The molecule has 0 saturated heterocycles. The fraction of sp³-hybridized carbons (Fsp3) is 0.667. The SMILES string of the molecule is CC(C)=C1C(=O)CC(C)C12C=CC(C)CC2. The van der Waals surface area contributed by atoms with Crippen LogP contribution < -0.4 is 0 Å². The van der Waals surface area contributed by atoms with Crippen LogP contribution in [0.5, 0.6) is 0 Å². The van der Waals surface area contributed by atoms with Crippen molar-refractivity contribution in [2.24, 2.45) is 17.3 Å². The molecule has 0 N–H and O–H groups in total. The summed E-state index contributed by atoms with van der Waals surface area (Å²) in [5, 5.41) is 0. The van der Waals surface area contributed by atoms with Crippen LogP contribution in [0.15, 0.2) is 23.3 Å². The van der Waals surface area contributed by atoms with Crippen LogP contribution in [0.3, 0.4) is 0 Å². The Balaban J connectivity index is 2.49. The predicted octanol–water partition coefficient (Wildman–Crippen LogP) is 3.90. The molecule has 1 nitrogen and oxygen atoms in total. The highest BCUT2D eigenvalue weighted by atomic mass is 16.1. The van der Waals surface area contributed by atoms with Gasteiger partial charge in [-0.15, -0.1) is 0 Å². The zero-order chi connectivity index (χ0) is 11.9. The highest BCUT2D eigenvalue weighted by molar-refractivity contribution is 6.00. The quantitative estimate of drug-likeness (QED) is 0.445. The van der Waals surface area contributed by atoms with Crippen LogP contribution in [0, 0.1) is 17.3 Å².